The minimum atomic E-state index is -1.09. The molecule has 5 nitrogen and oxygen atoms in total. The van der Waals surface area contributed by atoms with Gasteiger partial charge in [0.1, 0.15) is 15.7 Å². The summed E-state index contributed by atoms with van der Waals surface area (Å²) >= 11 is 0. The molecule has 1 aliphatic heterocycles. The maximum Gasteiger partial charge on any atom is 0.231 e. The van der Waals surface area contributed by atoms with Crippen molar-refractivity contribution in [1.29, 1.82) is 0 Å². The van der Waals surface area contributed by atoms with Crippen LogP contribution >= 0.6 is 0 Å². The van der Waals surface area contributed by atoms with E-state index in [4.69, 9.17) is 9.47 Å². The van der Waals surface area contributed by atoms with E-state index in [0.717, 1.165) is 0 Å². The van der Waals surface area contributed by atoms with Gasteiger partial charge in [0.05, 0.1) is 6.04 Å². The molecule has 2 rings (SSSR count). The fraction of sp³-hybridized carbons (Fsp3) is 0.364. The first-order valence-corrected chi connectivity index (χ1v) is 5.81. The lowest BCUT2D eigenvalue weighted by Gasteiger charge is -2.24. The van der Waals surface area contributed by atoms with Gasteiger partial charge < -0.3 is 14.6 Å². The molecule has 0 spiro atoms. The highest BCUT2D eigenvalue weighted by atomic mass is 16.7. The van der Waals surface area contributed by atoms with Crippen LogP contribution in [0.4, 0.5) is 0 Å². The van der Waals surface area contributed by atoms with E-state index in [0.29, 0.717) is 17.1 Å². The summed E-state index contributed by atoms with van der Waals surface area (Å²) in [6.45, 7) is 1.90. The van der Waals surface area contributed by atoms with E-state index in [1.807, 2.05) is 0 Å². The number of carbonyl (C=O) groups is 1. The Morgan fingerprint density at radius 3 is 2.78 bits per heavy atom. The number of aliphatic hydroxyl groups is 1. The van der Waals surface area contributed by atoms with E-state index < -0.39 is 11.6 Å². The van der Waals surface area contributed by atoms with Gasteiger partial charge in [-0.15, -0.1) is 0 Å². The molecule has 0 radical (unpaired) electrons. The van der Waals surface area contributed by atoms with Crippen molar-refractivity contribution < 1.29 is 19.4 Å². The number of nitrogens with one attached hydrogen (secondary N) is 1. The summed E-state index contributed by atoms with van der Waals surface area (Å²) in [5.74, 6) is 1.13. The first-order chi connectivity index (χ1) is 8.37. The number of Topliss-reactive ketones (excluding diaryl/α,β-unsaturated/α-hetero) is 1. The molecule has 0 unspecified atom stereocenters. The maximum absolute atomic E-state index is 12.2. The second-order valence-electron chi connectivity index (χ2n) is 4.86. The van der Waals surface area contributed by atoms with E-state index in [9.17, 15) is 9.90 Å². The Labute approximate surface area is 107 Å². The molecule has 0 fully saturated rings. The zero-order chi connectivity index (χ0) is 13.3. The van der Waals surface area contributed by atoms with Crippen LogP contribution < -0.4 is 14.8 Å². The monoisotopic (exact) mass is 247 g/mol. The van der Waals surface area contributed by atoms with Crippen LogP contribution in [0.5, 0.6) is 11.5 Å². The van der Waals surface area contributed by atoms with Crippen molar-refractivity contribution in [2.45, 2.75) is 18.5 Å². The molecule has 2 N–H and O–H groups in total. The number of benzene rings is 1. The highest BCUT2D eigenvalue weighted by Gasteiger charge is 2.23. The van der Waals surface area contributed by atoms with E-state index in [1.165, 1.54) is 0 Å². The molecule has 0 saturated carbocycles. The minimum Gasteiger partial charge on any atom is -0.454 e. The smallest absolute Gasteiger partial charge is 0.231 e. The summed E-state index contributed by atoms with van der Waals surface area (Å²) in [5, 5.41) is 12.4. The maximum atomic E-state index is 12.2. The van der Waals surface area contributed by atoms with Gasteiger partial charge in [0.15, 0.2) is 17.3 Å². The molecule has 1 heterocycles. The Balaban J connectivity index is 2.14. The first kappa shape index (κ1) is 13.0. The van der Waals surface area contributed by atoms with Crippen LogP contribution in [0.2, 0.25) is 0 Å². The van der Waals surface area contributed by atoms with Gasteiger partial charge in [0.25, 0.3) is 0 Å². The summed E-state index contributed by atoms with van der Waals surface area (Å²) in [7, 11) is 3.19. The van der Waals surface area contributed by atoms with Gasteiger partial charge in [-0.2, -0.15) is 0 Å². The third-order valence-electron chi connectivity index (χ3n) is 2.62. The number of fused-ring (bicyclic) bond motifs is 1. The average molecular weight is 247 g/mol. The Bertz CT molecular complexity index is 473. The van der Waals surface area contributed by atoms with Crippen molar-refractivity contribution in [2.75, 3.05) is 6.79 Å². The molecule has 0 aromatic heterocycles. The van der Waals surface area contributed by atoms with Gasteiger partial charge in [-0.1, -0.05) is 0 Å². The zero-order valence-electron chi connectivity index (χ0n) is 10.7. The fourth-order valence-electron chi connectivity index (χ4n) is 1.90. The van der Waals surface area contributed by atoms with Crippen molar-refractivity contribution in [3.05, 3.63) is 23.8 Å². The summed E-state index contributed by atoms with van der Waals surface area (Å²) in [4.78, 5) is 12.2. The number of hydrogen-bond acceptors (Lipinski definition) is 5. The highest BCUT2D eigenvalue weighted by molar-refractivity contribution is 6.38. The van der Waals surface area contributed by atoms with Crippen molar-refractivity contribution >= 4 is 21.5 Å². The molecule has 1 aromatic carbocycles. The van der Waals surface area contributed by atoms with Gasteiger partial charge >= 0.3 is 0 Å². The third-order valence-corrected chi connectivity index (χ3v) is 2.62. The van der Waals surface area contributed by atoms with Crippen molar-refractivity contribution in [3.63, 3.8) is 0 Å². The predicted octanol–water partition coefficient (Wildman–Crippen LogP) is -1.55. The Morgan fingerprint density at radius 2 is 2.11 bits per heavy atom. The van der Waals surface area contributed by atoms with Crippen LogP contribution in [-0.4, -0.2) is 44.9 Å². The molecule has 1 aliphatic rings. The molecule has 7 heteroatoms. The van der Waals surface area contributed by atoms with Crippen LogP contribution in [-0.2, 0) is 0 Å². The lowest BCUT2D eigenvalue weighted by molar-refractivity contribution is 0.0889. The Morgan fingerprint density at radius 1 is 1.44 bits per heavy atom. The number of rotatable bonds is 4. The van der Waals surface area contributed by atoms with Crippen LogP contribution in [0.3, 0.4) is 0 Å². The molecular weight excluding hydrogens is 232 g/mol. The molecular formula is C11H15B2NO4. The molecule has 0 bridgehead atoms. The number of hydrogen-bond donors (Lipinski definition) is 2. The quantitative estimate of drug-likeness (QED) is 0.383. The van der Waals surface area contributed by atoms with E-state index in [2.05, 4.69) is 5.32 Å². The van der Waals surface area contributed by atoms with Crippen LogP contribution in [0.25, 0.3) is 0 Å². The first-order valence-electron chi connectivity index (χ1n) is 5.81. The average Bonchev–Trinajstić information content (AvgIpc) is 2.72. The Kier molecular flexibility index (Phi) is 3.36. The highest BCUT2D eigenvalue weighted by Crippen LogP contribution is 2.32. The van der Waals surface area contributed by atoms with Crippen molar-refractivity contribution in [3.8, 4) is 11.5 Å². The summed E-state index contributed by atoms with van der Waals surface area (Å²) in [6.07, 6.45) is 0. The molecule has 0 amide bonds. The van der Waals surface area contributed by atoms with Crippen molar-refractivity contribution in [1.82, 2.24) is 5.32 Å². The molecule has 1 atom stereocenters. The van der Waals surface area contributed by atoms with E-state index >= 15 is 0 Å². The predicted molar refractivity (Wildman–Crippen MR) is 71.5 cm³/mol. The molecule has 0 saturated heterocycles. The Hall–Kier alpha value is -1.46. The zero-order valence-corrected chi connectivity index (χ0v) is 10.7. The molecule has 94 valence electrons. The lowest BCUT2D eigenvalue weighted by Crippen LogP contribution is -2.53. The summed E-state index contributed by atoms with van der Waals surface area (Å²) < 4.78 is 10.4. The molecule has 18 heavy (non-hydrogen) atoms. The second kappa shape index (κ2) is 4.66. The van der Waals surface area contributed by atoms with Gasteiger partial charge in [-0.3, -0.25) is 10.1 Å². The summed E-state index contributed by atoms with van der Waals surface area (Å²) in [5.41, 5.74) is -0.561. The van der Waals surface area contributed by atoms with Gasteiger partial charge in [-0.25, -0.2) is 0 Å². The third kappa shape index (κ3) is 2.86. The van der Waals surface area contributed by atoms with Crippen LogP contribution in [0, 0.1) is 0 Å². The van der Waals surface area contributed by atoms with Gasteiger partial charge in [-0.05, 0) is 25.1 Å². The van der Waals surface area contributed by atoms with Crippen molar-refractivity contribution in [2.24, 2.45) is 0 Å². The van der Waals surface area contributed by atoms with E-state index in [-0.39, 0.29) is 12.6 Å². The SMILES string of the molecule is BC(B)(O)N[C@H](C)C(=O)c1ccc2c(c1)OCO2. The fourth-order valence-corrected chi connectivity index (χ4v) is 1.90. The van der Waals surface area contributed by atoms with Crippen LogP contribution in [0.1, 0.15) is 17.3 Å². The van der Waals surface area contributed by atoms with Crippen LogP contribution in [0.15, 0.2) is 18.2 Å². The standard InChI is InChI=1S/C11H15B2NO4/c1-6(14-11(12,13)16)10(15)7-2-3-8-9(4-7)18-5-17-8/h2-4,6,14,16H,5,12-13H2,1H3/t6-/m1/s1. The topological polar surface area (TPSA) is 67.8 Å². The molecule has 0 aliphatic carbocycles. The number of ether oxygens (including phenoxy) is 2. The van der Waals surface area contributed by atoms with Gasteiger partial charge in [0.2, 0.25) is 6.79 Å². The normalized spacial score (nSPS) is 15.4. The second-order valence-corrected chi connectivity index (χ2v) is 4.86. The summed E-state index contributed by atoms with van der Waals surface area (Å²) in [6, 6.07) is 4.59. The number of ketones is 1. The van der Waals surface area contributed by atoms with E-state index in [1.54, 1.807) is 40.8 Å². The molecule has 1 aromatic rings. The largest absolute Gasteiger partial charge is 0.454 e. The number of carbonyl (C=O) groups excluding carboxylic acids is 1. The lowest BCUT2D eigenvalue weighted by atomic mass is 9.73. The minimum absolute atomic E-state index is 0.101. The van der Waals surface area contributed by atoms with Gasteiger partial charge in [0, 0.05) is 11.1 Å².